The Kier molecular flexibility index (Phi) is 6.33. The Morgan fingerprint density at radius 2 is 1.90 bits per heavy atom. The number of rotatable bonds is 5. The highest BCUT2D eigenvalue weighted by Crippen LogP contribution is 2.19. The van der Waals surface area contributed by atoms with Gasteiger partial charge in [0.15, 0.2) is 12.4 Å². The molecule has 1 aliphatic heterocycles. The van der Waals surface area contributed by atoms with Crippen LogP contribution in [0.5, 0.6) is 0 Å². The van der Waals surface area contributed by atoms with E-state index in [0.29, 0.717) is 18.8 Å². The van der Waals surface area contributed by atoms with E-state index in [2.05, 4.69) is 5.32 Å². The third-order valence-electron chi connectivity index (χ3n) is 4.57. The molecule has 0 saturated carbocycles. The summed E-state index contributed by atoms with van der Waals surface area (Å²) in [6.45, 7) is 6.18. The number of benzene rings is 1. The van der Waals surface area contributed by atoms with E-state index in [-0.39, 0.29) is 36.0 Å². The Labute approximate surface area is 168 Å². The Morgan fingerprint density at radius 3 is 2.55 bits per heavy atom. The fourth-order valence-electron chi connectivity index (χ4n) is 3.16. The summed E-state index contributed by atoms with van der Waals surface area (Å²) in [5.74, 6) is -1.16. The second-order valence-corrected chi connectivity index (χ2v) is 7.09. The van der Waals surface area contributed by atoms with Crippen molar-refractivity contribution >= 4 is 23.5 Å². The van der Waals surface area contributed by atoms with Crippen molar-refractivity contribution < 1.29 is 28.3 Å². The number of anilines is 1. The molecule has 2 unspecified atom stereocenters. The molecule has 0 radical (unpaired) electrons. The van der Waals surface area contributed by atoms with Crippen molar-refractivity contribution in [1.82, 2.24) is 4.90 Å². The van der Waals surface area contributed by atoms with Gasteiger partial charge in [-0.3, -0.25) is 9.59 Å². The molecule has 1 N–H and O–H groups in total. The molecule has 8 nitrogen and oxygen atoms in total. The molecule has 0 spiro atoms. The topological polar surface area (TPSA) is 98.1 Å². The van der Waals surface area contributed by atoms with Gasteiger partial charge in [0.05, 0.1) is 24.0 Å². The number of amides is 2. The van der Waals surface area contributed by atoms with Crippen molar-refractivity contribution in [3.05, 3.63) is 53.5 Å². The number of nitrogens with zero attached hydrogens (tertiary/aromatic N) is 1. The van der Waals surface area contributed by atoms with Crippen molar-refractivity contribution in [2.75, 3.05) is 25.0 Å². The molecule has 3 rings (SSSR count). The number of esters is 1. The van der Waals surface area contributed by atoms with Crippen molar-refractivity contribution in [2.45, 2.75) is 33.0 Å². The van der Waals surface area contributed by atoms with Gasteiger partial charge in [-0.15, -0.1) is 0 Å². The molecule has 1 aromatic heterocycles. The molecule has 2 heterocycles. The lowest BCUT2D eigenvalue weighted by atomic mass is 10.1. The van der Waals surface area contributed by atoms with Crippen LogP contribution >= 0.6 is 0 Å². The normalized spacial score (nSPS) is 18.9. The Balaban J connectivity index is 1.60. The van der Waals surface area contributed by atoms with Crippen LogP contribution in [0.25, 0.3) is 0 Å². The van der Waals surface area contributed by atoms with Gasteiger partial charge >= 0.3 is 5.97 Å². The van der Waals surface area contributed by atoms with Gasteiger partial charge in [-0.2, -0.15) is 0 Å². The maximum atomic E-state index is 12.4. The van der Waals surface area contributed by atoms with Gasteiger partial charge < -0.3 is 24.1 Å². The first kappa shape index (κ1) is 20.6. The number of morpholine rings is 1. The Bertz CT molecular complexity index is 883. The molecule has 2 amide bonds. The van der Waals surface area contributed by atoms with E-state index in [0.717, 1.165) is 5.56 Å². The quantitative estimate of drug-likeness (QED) is 0.775. The molecule has 8 heteroatoms. The zero-order valence-corrected chi connectivity index (χ0v) is 16.6. The summed E-state index contributed by atoms with van der Waals surface area (Å²) in [5.41, 5.74) is 1.47. The summed E-state index contributed by atoms with van der Waals surface area (Å²) in [5, 5.41) is 2.70. The lowest BCUT2D eigenvalue weighted by Crippen LogP contribution is -2.49. The van der Waals surface area contributed by atoms with Gasteiger partial charge in [-0.25, -0.2) is 4.79 Å². The van der Waals surface area contributed by atoms with E-state index in [1.807, 2.05) is 13.8 Å². The van der Waals surface area contributed by atoms with Gasteiger partial charge in [0.2, 0.25) is 0 Å². The molecule has 29 heavy (non-hydrogen) atoms. The summed E-state index contributed by atoms with van der Waals surface area (Å²) in [6, 6.07) is 7.96. The Hall–Kier alpha value is -3.13. The van der Waals surface area contributed by atoms with Gasteiger partial charge in [0.25, 0.3) is 11.8 Å². The third-order valence-corrected chi connectivity index (χ3v) is 4.57. The predicted octanol–water partition coefficient (Wildman–Crippen LogP) is 2.63. The van der Waals surface area contributed by atoms with Crippen LogP contribution in [-0.2, 0) is 14.3 Å². The lowest BCUT2D eigenvalue weighted by Gasteiger charge is -2.35. The van der Waals surface area contributed by atoms with Gasteiger partial charge in [0.1, 0.15) is 0 Å². The summed E-state index contributed by atoms with van der Waals surface area (Å²) < 4.78 is 15.9. The minimum atomic E-state index is -0.638. The molecular weight excluding hydrogens is 376 g/mol. The molecule has 2 aromatic rings. The highest BCUT2D eigenvalue weighted by Gasteiger charge is 2.26. The zero-order chi connectivity index (χ0) is 21.0. The lowest BCUT2D eigenvalue weighted by molar-refractivity contribution is -0.146. The average Bonchev–Trinajstić information content (AvgIpc) is 3.21. The molecule has 0 aliphatic carbocycles. The van der Waals surface area contributed by atoms with Crippen molar-refractivity contribution in [2.24, 2.45) is 0 Å². The predicted molar refractivity (Wildman–Crippen MR) is 105 cm³/mol. The number of furan rings is 1. The number of ether oxygens (including phenoxy) is 2. The summed E-state index contributed by atoms with van der Waals surface area (Å²) in [6.07, 6.45) is 1.29. The zero-order valence-electron chi connectivity index (χ0n) is 16.6. The first-order valence-electron chi connectivity index (χ1n) is 9.39. The molecule has 1 aliphatic rings. The average molecular weight is 400 g/mol. The second-order valence-electron chi connectivity index (χ2n) is 7.09. The van der Waals surface area contributed by atoms with Crippen LogP contribution in [0.2, 0.25) is 0 Å². The number of aryl methyl sites for hydroxylation is 1. The maximum absolute atomic E-state index is 12.4. The summed E-state index contributed by atoms with van der Waals surface area (Å²) in [4.78, 5) is 38.5. The van der Waals surface area contributed by atoms with Crippen molar-refractivity contribution in [3.63, 3.8) is 0 Å². The highest BCUT2D eigenvalue weighted by molar-refractivity contribution is 6.03. The van der Waals surface area contributed by atoms with E-state index in [4.69, 9.17) is 13.9 Å². The molecule has 0 bridgehead atoms. The fraction of sp³-hybridized carbons (Fsp3) is 0.381. The number of carbonyl (C=O) groups is 3. The van der Waals surface area contributed by atoms with E-state index in [1.54, 1.807) is 36.1 Å². The van der Waals surface area contributed by atoms with E-state index >= 15 is 0 Å². The smallest absolute Gasteiger partial charge is 0.338 e. The molecule has 1 fully saturated rings. The van der Waals surface area contributed by atoms with Crippen LogP contribution in [0.3, 0.4) is 0 Å². The van der Waals surface area contributed by atoms with Crippen molar-refractivity contribution in [3.8, 4) is 0 Å². The number of hydrogen-bond acceptors (Lipinski definition) is 6. The monoisotopic (exact) mass is 400 g/mol. The molecule has 1 aromatic carbocycles. The van der Waals surface area contributed by atoms with Crippen LogP contribution in [0, 0.1) is 6.92 Å². The van der Waals surface area contributed by atoms with E-state index < -0.39 is 11.9 Å². The number of hydrogen-bond donors (Lipinski definition) is 1. The van der Waals surface area contributed by atoms with Gasteiger partial charge in [0, 0.05) is 18.8 Å². The Morgan fingerprint density at radius 1 is 1.17 bits per heavy atom. The van der Waals surface area contributed by atoms with Crippen LogP contribution in [-0.4, -0.2) is 54.6 Å². The largest absolute Gasteiger partial charge is 0.459 e. The second kappa shape index (κ2) is 8.91. The van der Waals surface area contributed by atoms with Gasteiger partial charge in [-0.1, -0.05) is 6.07 Å². The minimum Gasteiger partial charge on any atom is -0.459 e. The molecule has 2 atom stereocenters. The first-order chi connectivity index (χ1) is 13.8. The van der Waals surface area contributed by atoms with Crippen LogP contribution in [0.4, 0.5) is 5.69 Å². The van der Waals surface area contributed by atoms with Gasteiger partial charge in [-0.05, 0) is 50.6 Å². The first-order valence-corrected chi connectivity index (χ1v) is 9.39. The van der Waals surface area contributed by atoms with E-state index in [1.165, 1.54) is 12.3 Å². The molecular formula is C21H24N2O6. The third kappa shape index (κ3) is 5.23. The summed E-state index contributed by atoms with van der Waals surface area (Å²) >= 11 is 0. The van der Waals surface area contributed by atoms with Crippen molar-refractivity contribution in [1.29, 1.82) is 0 Å². The minimum absolute atomic E-state index is 0.0594. The van der Waals surface area contributed by atoms with Crippen LogP contribution in [0.15, 0.2) is 41.0 Å². The van der Waals surface area contributed by atoms with Crippen LogP contribution < -0.4 is 5.32 Å². The highest BCUT2D eigenvalue weighted by atomic mass is 16.5. The van der Waals surface area contributed by atoms with E-state index in [9.17, 15) is 14.4 Å². The standard InChI is InChI=1S/C21H24N2O6/c1-13-6-7-16(9-17(13)22-20(25)18-5-4-8-27-18)21(26)28-12-19(24)23-10-14(2)29-15(3)11-23/h4-9,14-15H,10-12H2,1-3H3,(H,22,25). The number of nitrogens with one attached hydrogen (secondary N) is 1. The molecule has 154 valence electrons. The maximum Gasteiger partial charge on any atom is 0.338 e. The fourth-order valence-corrected chi connectivity index (χ4v) is 3.16. The summed E-state index contributed by atoms with van der Waals surface area (Å²) in [7, 11) is 0. The molecule has 1 saturated heterocycles. The SMILES string of the molecule is Cc1ccc(C(=O)OCC(=O)N2CC(C)OC(C)C2)cc1NC(=O)c1ccco1. The number of carbonyl (C=O) groups excluding carboxylic acids is 3. The van der Waals surface area contributed by atoms with Crippen LogP contribution in [0.1, 0.15) is 40.3 Å².